The maximum absolute atomic E-state index is 13.1. The largest absolute Gasteiger partial charge is 0.314 e. The Balaban J connectivity index is 0.000000171. The molecule has 0 amide bonds. The normalized spacial score (nSPS) is 19.0. The lowest BCUT2D eigenvalue weighted by Crippen LogP contribution is -2.38. The third-order valence-electron chi connectivity index (χ3n) is 29.1. The summed E-state index contributed by atoms with van der Waals surface area (Å²) in [5, 5.41) is 45.3. The van der Waals surface area contributed by atoms with Crippen LogP contribution in [0.5, 0.6) is 0 Å². The molecule has 0 aromatic heterocycles. The van der Waals surface area contributed by atoms with Crippen LogP contribution in [-0.2, 0) is 88.2 Å². The summed E-state index contributed by atoms with van der Waals surface area (Å²) >= 11 is 0. The van der Waals surface area contributed by atoms with Crippen LogP contribution < -0.4 is 26.6 Å². The average Bonchev–Trinajstić information content (AvgIpc) is 0.885. The number of hydrogen-bond donors (Lipinski definition) is 5. The Kier molecular flexibility index (Phi) is 49.9. The van der Waals surface area contributed by atoms with E-state index in [1.807, 2.05) is 103 Å². The molecule has 0 saturated carbocycles. The number of halogens is 1. The van der Waals surface area contributed by atoms with Crippen LogP contribution >= 0.6 is 0 Å². The monoisotopic (exact) mass is 1920 g/mol. The summed E-state index contributed by atoms with van der Waals surface area (Å²) in [4.78, 5) is 84.3. The van der Waals surface area contributed by atoms with Gasteiger partial charge in [-0.05, 0) is 347 Å². The summed E-state index contributed by atoms with van der Waals surface area (Å²) in [5.74, 6) is 4.88. The van der Waals surface area contributed by atoms with Crippen molar-refractivity contribution in [2.24, 2.45) is 29.6 Å². The zero-order valence-corrected chi connectivity index (χ0v) is 85.1. The van der Waals surface area contributed by atoms with Gasteiger partial charge in [0.2, 0.25) is 0 Å². The van der Waals surface area contributed by atoms with Gasteiger partial charge in [0.1, 0.15) is 34.7 Å². The van der Waals surface area contributed by atoms with Crippen LogP contribution in [0.25, 0.3) is 0 Å². The van der Waals surface area contributed by atoms with Crippen molar-refractivity contribution in [1.82, 2.24) is 26.6 Å². The van der Waals surface area contributed by atoms with E-state index in [1.54, 1.807) is 56.3 Å². The third-order valence-corrected chi connectivity index (χ3v) is 29.1. The maximum Gasteiger partial charge on any atom is 0.159 e. The summed E-state index contributed by atoms with van der Waals surface area (Å²) in [6.07, 6.45) is 39.0. The number of Topliss-reactive ketones (excluding diaryl/α,β-unsaturated/α-hetero) is 7. The zero-order chi connectivity index (χ0) is 101. The number of carbonyl (C=O) groups excluding carboxylic acids is 7. The van der Waals surface area contributed by atoms with Gasteiger partial charge in [-0.1, -0.05) is 244 Å². The van der Waals surface area contributed by atoms with Crippen LogP contribution in [0.3, 0.4) is 0 Å². The van der Waals surface area contributed by atoms with E-state index in [1.165, 1.54) is 105 Å². The predicted molar refractivity (Wildman–Crippen MR) is 576 cm³/mol. The molecule has 5 N–H and O–H groups in total. The number of nitrogens with one attached hydrogen (secondary N) is 5. The molecule has 0 unspecified atom stereocenters. The minimum Gasteiger partial charge on any atom is -0.314 e. The molecule has 10 atom stereocenters. The summed E-state index contributed by atoms with van der Waals surface area (Å²) in [6, 6.07) is 96.3. The molecule has 0 bridgehead atoms. The van der Waals surface area contributed by atoms with E-state index >= 15 is 0 Å². The van der Waals surface area contributed by atoms with Crippen molar-refractivity contribution in [2.75, 3.05) is 32.7 Å². The molecule has 0 aliphatic carbocycles. The molecule has 0 spiro atoms. The molecule has 16 heteroatoms. The predicted octanol–water partition coefficient (Wildman–Crippen LogP) is 25.0. The van der Waals surface area contributed by atoms with Crippen LogP contribution in [0.2, 0.25) is 0 Å². The molecule has 15 nitrogen and oxygen atoms in total. The minimum absolute atomic E-state index is 0.0296. The number of hydrogen-bond acceptors (Lipinski definition) is 15. The van der Waals surface area contributed by atoms with Crippen molar-refractivity contribution in [1.29, 1.82) is 15.8 Å². The van der Waals surface area contributed by atoms with Crippen LogP contribution in [0, 0.1) is 69.4 Å². The van der Waals surface area contributed by atoms with Crippen molar-refractivity contribution >= 4 is 40.5 Å². The first-order valence-corrected chi connectivity index (χ1v) is 53.6. The lowest BCUT2D eigenvalue weighted by molar-refractivity contribution is -0.119. The van der Waals surface area contributed by atoms with Gasteiger partial charge in [-0.3, -0.25) is 33.6 Å². The Labute approximate surface area is 853 Å². The number of piperidine rings is 5. The van der Waals surface area contributed by atoms with Gasteiger partial charge in [-0.15, -0.1) is 0 Å². The smallest absolute Gasteiger partial charge is 0.159 e. The molecule has 15 rings (SSSR count). The number of nitriles is 3. The highest BCUT2D eigenvalue weighted by Crippen LogP contribution is 2.31. The van der Waals surface area contributed by atoms with Crippen molar-refractivity contribution in [3.8, 4) is 18.2 Å². The summed E-state index contributed by atoms with van der Waals surface area (Å²) < 4.78 is 13.1. The van der Waals surface area contributed by atoms with E-state index in [2.05, 4.69) is 166 Å². The number of benzene rings is 10. The van der Waals surface area contributed by atoms with Gasteiger partial charge in [0.25, 0.3) is 0 Å². The molecular weight excluding hydrogens is 1770 g/mol. The minimum atomic E-state index is -0.178. The van der Waals surface area contributed by atoms with Gasteiger partial charge < -0.3 is 26.6 Å². The molecule has 5 saturated heterocycles. The van der Waals surface area contributed by atoms with Gasteiger partial charge in [-0.25, -0.2) is 4.39 Å². The molecule has 5 aliphatic heterocycles. The van der Waals surface area contributed by atoms with Crippen LogP contribution in [0.1, 0.15) is 300 Å². The number of rotatable bonds is 47. The summed E-state index contributed by atoms with van der Waals surface area (Å²) in [7, 11) is 0. The lowest BCUT2D eigenvalue weighted by atomic mass is 9.85. The van der Waals surface area contributed by atoms with Gasteiger partial charge in [0.15, 0.2) is 11.6 Å². The van der Waals surface area contributed by atoms with Gasteiger partial charge in [0, 0.05) is 106 Å². The second-order valence-corrected chi connectivity index (χ2v) is 41.0. The van der Waals surface area contributed by atoms with Crippen LogP contribution in [-0.4, -0.2) is 103 Å². The number of nitrogens with zero attached hydrogens (tertiary/aromatic N) is 3. The lowest BCUT2D eigenvalue weighted by Gasteiger charge is -2.30. The SMILES string of the molecule is CC(=O)c1cccc(CC(=O)CCCC[C@H]2C[C@H](Cc3ccc(F)cc3)CCN2)c1.CC(=O)c1cccc(CC(=O)CCCC[C@H]2C[C@H](Cc3ccccc3)CCN2)c1.N#Cc1cccc(CC(=O)CCCC[C@@H]2C[C@H](Cc3ccccc3)CCN2)c1.N#Cc1cccc(CC(=O)CCCC[C@H]2C[C@H](Cc3ccccc3)CCN2)c1.N#Cc1ccccc1CC(=O)CCCC[C@H]1C[C@H](Cc2ccccc2)CCN1. The van der Waals surface area contributed by atoms with Crippen LogP contribution in [0.4, 0.5) is 4.39 Å². The molecule has 0 radical (unpaired) electrons. The highest BCUT2D eigenvalue weighted by Gasteiger charge is 2.28. The van der Waals surface area contributed by atoms with Crippen LogP contribution in [0.15, 0.2) is 267 Å². The van der Waals surface area contributed by atoms with E-state index in [4.69, 9.17) is 15.8 Å². The highest BCUT2D eigenvalue weighted by atomic mass is 19.1. The number of unbranched alkanes of at least 4 members (excludes halogenated alkanes) is 5. The van der Waals surface area contributed by atoms with Gasteiger partial charge in [0.05, 0.1) is 34.9 Å². The van der Waals surface area contributed by atoms with Crippen molar-refractivity contribution < 1.29 is 38.0 Å². The molecule has 5 aliphatic rings. The molecule has 10 aromatic rings. The summed E-state index contributed by atoms with van der Waals surface area (Å²) in [6.45, 7) is 8.56. The van der Waals surface area contributed by atoms with Gasteiger partial charge >= 0.3 is 0 Å². The molecule has 752 valence electrons. The number of carbonyl (C=O) groups is 7. The Morgan fingerprint density at radius 3 is 0.804 bits per heavy atom. The van der Waals surface area contributed by atoms with E-state index < -0.39 is 0 Å². The average molecular weight is 1920 g/mol. The Morgan fingerprint density at radius 1 is 0.273 bits per heavy atom. The summed E-state index contributed by atoms with van der Waals surface area (Å²) in [5.41, 5.74) is 14.8. The second-order valence-electron chi connectivity index (χ2n) is 41.0. The number of ketones is 7. The fraction of sp³-hybridized carbons (Fsp3) is 0.449. The fourth-order valence-corrected chi connectivity index (χ4v) is 21.5. The van der Waals surface area contributed by atoms with E-state index in [9.17, 15) is 38.0 Å². The standard InChI is InChI=1S/C26H32FNO2.C26H33NO2.3C25H30N2O/c1-19(29)23-6-4-5-21(16-23)18-26(30)8-3-2-7-25-17-22(13-14-28-25)15-20-9-11-24(27)12-10-20;1-20(28)24-11-7-10-22(17-24)19-26(29)13-6-5-12-25-18-23(14-15-27-25)16-21-8-3-2-4-9-21;26-19-23-11-5-4-10-22(23)18-25(28)13-7-6-12-24-17-21(14-15-27-24)16-20-8-2-1-3-9-20;2*26-19-23-10-6-9-21(16-23)18-25(28)12-5-4-11-24-17-22(13-14-27-24)15-20-7-2-1-3-8-20/h4-6,9-12,16,22,25,28H,2-3,7-8,13-15,17-18H2,1H3;2-4,7-11,17,23,25,27H,5-6,12-16,18-19H2,1H3;1-5,8-11,21,24,27H,6-7,12-18H2;2*1-3,6-10,16,22,24,27H,4-5,11-15,17-18H2/t22-,25-;23-,25-;21-,24-;22-,24+;22-,24-/m00000/s1. The van der Waals surface area contributed by atoms with E-state index in [0.29, 0.717) is 128 Å². The topological polar surface area (TPSA) is 251 Å². The van der Waals surface area contributed by atoms with Crippen molar-refractivity contribution in [3.05, 3.63) is 356 Å². The Hall–Kier alpha value is -11.9. The quantitative estimate of drug-likeness (QED) is 0.0176. The fourth-order valence-electron chi connectivity index (χ4n) is 21.5. The third kappa shape index (κ3) is 44.1. The maximum atomic E-state index is 13.1. The van der Waals surface area contributed by atoms with E-state index in [-0.39, 0.29) is 46.3 Å². The first-order valence-electron chi connectivity index (χ1n) is 53.6. The molecule has 10 aromatic carbocycles. The first kappa shape index (κ1) is 111. The van der Waals surface area contributed by atoms with E-state index in [0.717, 1.165) is 200 Å². The molecule has 143 heavy (non-hydrogen) atoms. The molecule has 5 fully saturated rings. The molecule has 5 heterocycles. The zero-order valence-electron chi connectivity index (χ0n) is 85.1. The Morgan fingerprint density at radius 2 is 0.524 bits per heavy atom. The second kappa shape index (κ2) is 64.0. The first-order chi connectivity index (χ1) is 69.8. The molecular formula is C127H155FN8O7. The Bertz CT molecular complexity index is 5500. The van der Waals surface area contributed by atoms with Crippen molar-refractivity contribution in [3.63, 3.8) is 0 Å². The highest BCUT2D eigenvalue weighted by molar-refractivity contribution is 5.95. The van der Waals surface area contributed by atoms with Gasteiger partial charge in [-0.2, -0.15) is 15.8 Å². The van der Waals surface area contributed by atoms with Crippen molar-refractivity contribution in [2.45, 2.75) is 301 Å².